The topological polar surface area (TPSA) is 76.5 Å². The van der Waals surface area contributed by atoms with Gasteiger partial charge in [-0.3, -0.25) is 9.59 Å². The maximum absolute atomic E-state index is 13.7. The SMILES string of the molecule is C[C@]1(C(=O)NC2CCCCCC2)Cn2c(nc3ccccc32)C(=O)N1C[C@@H]1CCCO1. The zero-order chi connectivity index (χ0) is 21.4. The summed E-state index contributed by atoms with van der Waals surface area (Å²) in [5.74, 6) is 0.171. The molecule has 0 unspecified atom stereocenters. The molecule has 1 aromatic carbocycles. The van der Waals surface area contributed by atoms with Gasteiger partial charge in [-0.1, -0.05) is 37.8 Å². The summed E-state index contributed by atoms with van der Waals surface area (Å²) in [6.45, 7) is 3.45. The van der Waals surface area contributed by atoms with E-state index < -0.39 is 5.54 Å². The molecular formula is C24H32N4O3. The average Bonchev–Trinajstić information content (AvgIpc) is 3.33. The third-order valence-electron chi connectivity index (χ3n) is 7.24. The second-order valence-electron chi connectivity index (χ2n) is 9.50. The average molecular weight is 425 g/mol. The summed E-state index contributed by atoms with van der Waals surface area (Å²) in [5.41, 5.74) is 0.707. The Morgan fingerprint density at radius 2 is 1.94 bits per heavy atom. The first-order valence-corrected chi connectivity index (χ1v) is 11.8. The molecule has 2 atom stereocenters. The van der Waals surface area contributed by atoms with Crippen LogP contribution < -0.4 is 5.32 Å². The van der Waals surface area contributed by atoms with E-state index in [1.807, 2.05) is 35.8 Å². The van der Waals surface area contributed by atoms with Crippen LogP contribution in [0.1, 0.15) is 68.9 Å². The van der Waals surface area contributed by atoms with E-state index in [1.54, 1.807) is 4.90 Å². The number of imidazole rings is 1. The van der Waals surface area contributed by atoms with Crippen LogP contribution in [0.2, 0.25) is 0 Å². The first kappa shape index (κ1) is 20.5. The number of nitrogens with one attached hydrogen (secondary N) is 1. The summed E-state index contributed by atoms with van der Waals surface area (Å²) in [6.07, 6.45) is 8.69. The number of aromatic nitrogens is 2. The summed E-state index contributed by atoms with van der Waals surface area (Å²) >= 11 is 0. The second-order valence-corrected chi connectivity index (χ2v) is 9.50. The van der Waals surface area contributed by atoms with Crippen molar-refractivity contribution in [3.05, 3.63) is 30.1 Å². The number of hydrogen-bond donors (Lipinski definition) is 1. The van der Waals surface area contributed by atoms with Gasteiger partial charge < -0.3 is 19.5 Å². The third kappa shape index (κ3) is 3.73. The fraction of sp³-hybridized carbons (Fsp3) is 0.625. The Hall–Kier alpha value is -2.41. The van der Waals surface area contributed by atoms with E-state index in [-0.39, 0.29) is 24.0 Å². The highest BCUT2D eigenvalue weighted by Crippen LogP contribution is 2.32. The fourth-order valence-corrected chi connectivity index (χ4v) is 5.37. The first-order chi connectivity index (χ1) is 15.1. The van der Waals surface area contributed by atoms with E-state index >= 15 is 0 Å². The highest BCUT2D eigenvalue weighted by molar-refractivity contribution is 6.01. The molecule has 2 fully saturated rings. The van der Waals surface area contributed by atoms with Gasteiger partial charge in [-0.05, 0) is 44.7 Å². The van der Waals surface area contributed by atoms with Crippen LogP contribution in [0.3, 0.4) is 0 Å². The van der Waals surface area contributed by atoms with Crippen LogP contribution in [0, 0.1) is 0 Å². The Kier molecular flexibility index (Phi) is 5.46. The summed E-state index contributed by atoms with van der Waals surface area (Å²) in [7, 11) is 0. The van der Waals surface area contributed by atoms with Gasteiger partial charge >= 0.3 is 0 Å². The lowest BCUT2D eigenvalue weighted by Gasteiger charge is -2.44. The van der Waals surface area contributed by atoms with Crippen LogP contribution in [0.5, 0.6) is 0 Å². The Morgan fingerprint density at radius 1 is 1.16 bits per heavy atom. The largest absolute Gasteiger partial charge is 0.376 e. The molecule has 1 saturated heterocycles. The van der Waals surface area contributed by atoms with Crippen LogP contribution in [0.25, 0.3) is 11.0 Å². The van der Waals surface area contributed by atoms with Gasteiger partial charge in [-0.2, -0.15) is 0 Å². The minimum Gasteiger partial charge on any atom is -0.376 e. The van der Waals surface area contributed by atoms with Crippen molar-refractivity contribution in [2.75, 3.05) is 13.2 Å². The molecule has 1 aromatic heterocycles. The van der Waals surface area contributed by atoms with Crippen LogP contribution in [-0.4, -0.2) is 57.1 Å². The van der Waals surface area contributed by atoms with E-state index in [9.17, 15) is 9.59 Å². The smallest absolute Gasteiger partial charge is 0.290 e. The van der Waals surface area contributed by atoms with Gasteiger partial charge in [0.25, 0.3) is 5.91 Å². The van der Waals surface area contributed by atoms with Crippen molar-refractivity contribution in [1.29, 1.82) is 0 Å². The van der Waals surface area contributed by atoms with Crippen molar-refractivity contribution >= 4 is 22.8 Å². The van der Waals surface area contributed by atoms with Crippen molar-refractivity contribution in [2.24, 2.45) is 0 Å². The minimum atomic E-state index is -0.980. The standard InChI is InChI=1S/C24H32N4O3/c1-24(23(30)25-17-9-4-2-3-5-10-17)16-27-20-13-7-6-12-19(20)26-21(27)22(29)28(24)15-18-11-8-14-31-18/h6-7,12-13,17-18H,2-5,8-11,14-16H2,1H3,(H,25,30)/t18-,24+/m0/s1. The van der Waals surface area contributed by atoms with Crippen LogP contribution >= 0.6 is 0 Å². The van der Waals surface area contributed by atoms with Gasteiger partial charge in [-0.25, -0.2) is 4.98 Å². The molecule has 0 bridgehead atoms. The van der Waals surface area contributed by atoms with Crippen molar-refractivity contribution in [1.82, 2.24) is 19.8 Å². The Bertz CT molecular complexity index is 972. The number of amides is 2. The lowest BCUT2D eigenvalue weighted by atomic mass is 9.93. The number of nitrogens with zero attached hydrogens (tertiary/aromatic N) is 3. The zero-order valence-corrected chi connectivity index (χ0v) is 18.3. The lowest BCUT2D eigenvalue weighted by molar-refractivity contribution is -0.134. The van der Waals surface area contributed by atoms with Crippen LogP contribution in [0.4, 0.5) is 0 Å². The molecule has 2 aliphatic heterocycles. The molecule has 1 saturated carbocycles. The Balaban J connectivity index is 1.49. The summed E-state index contributed by atoms with van der Waals surface area (Å²) in [5, 5.41) is 3.31. The first-order valence-electron chi connectivity index (χ1n) is 11.8. The van der Waals surface area contributed by atoms with Crippen molar-refractivity contribution < 1.29 is 14.3 Å². The molecule has 0 radical (unpaired) electrons. The molecule has 1 aliphatic carbocycles. The molecule has 166 valence electrons. The zero-order valence-electron chi connectivity index (χ0n) is 18.3. The van der Waals surface area contributed by atoms with Gasteiger partial charge in [0.15, 0.2) is 5.82 Å². The lowest BCUT2D eigenvalue weighted by Crippen LogP contribution is -2.66. The van der Waals surface area contributed by atoms with Gasteiger partial charge in [0.2, 0.25) is 5.91 Å². The molecule has 0 spiro atoms. The predicted octanol–water partition coefficient (Wildman–Crippen LogP) is 3.27. The molecule has 3 aliphatic rings. The molecule has 7 heteroatoms. The third-order valence-corrected chi connectivity index (χ3v) is 7.24. The summed E-state index contributed by atoms with van der Waals surface area (Å²) in [4.78, 5) is 33.7. The van der Waals surface area contributed by atoms with Gasteiger partial charge in [0.1, 0.15) is 5.54 Å². The van der Waals surface area contributed by atoms with E-state index in [0.29, 0.717) is 18.9 Å². The number of benzene rings is 1. The van der Waals surface area contributed by atoms with Gasteiger partial charge in [0.05, 0.1) is 23.7 Å². The van der Waals surface area contributed by atoms with Crippen LogP contribution in [0.15, 0.2) is 24.3 Å². The monoisotopic (exact) mass is 424 g/mol. The summed E-state index contributed by atoms with van der Waals surface area (Å²) < 4.78 is 7.76. The molecule has 5 rings (SSSR count). The van der Waals surface area contributed by atoms with Crippen molar-refractivity contribution in [3.63, 3.8) is 0 Å². The summed E-state index contributed by atoms with van der Waals surface area (Å²) in [6, 6.07) is 7.95. The van der Waals surface area contributed by atoms with E-state index in [0.717, 1.165) is 56.2 Å². The fourth-order valence-electron chi connectivity index (χ4n) is 5.37. The van der Waals surface area contributed by atoms with Gasteiger partial charge in [0, 0.05) is 19.2 Å². The molecule has 2 aromatic rings. The number of fused-ring (bicyclic) bond motifs is 3. The number of rotatable bonds is 4. The van der Waals surface area contributed by atoms with E-state index in [1.165, 1.54) is 12.8 Å². The number of hydrogen-bond acceptors (Lipinski definition) is 4. The quantitative estimate of drug-likeness (QED) is 0.765. The normalized spacial score (nSPS) is 27.3. The van der Waals surface area contributed by atoms with Crippen molar-refractivity contribution in [3.8, 4) is 0 Å². The molecule has 7 nitrogen and oxygen atoms in total. The molecule has 31 heavy (non-hydrogen) atoms. The van der Waals surface area contributed by atoms with Gasteiger partial charge in [-0.15, -0.1) is 0 Å². The van der Waals surface area contributed by atoms with Crippen molar-refractivity contribution in [2.45, 2.75) is 82.5 Å². The molecule has 2 amide bonds. The van der Waals surface area contributed by atoms with E-state index in [4.69, 9.17) is 4.74 Å². The maximum atomic E-state index is 13.7. The Labute approximate surface area is 183 Å². The maximum Gasteiger partial charge on any atom is 0.290 e. The highest BCUT2D eigenvalue weighted by Gasteiger charge is 2.49. The highest BCUT2D eigenvalue weighted by atomic mass is 16.5. The number of carbonyl (C=O) groups excluding carboxylic acids is 2. The predicted molar refractivity (Wildman–Crippen MR) is 118 cm³/mol. The second kappa shape index (κ2) is 8.26. The molecule has 3 heterocycles. The van der Waals surface area contributed by atoms with Crippen LogP contribution in [-0.2, 0) is 16.1 Å². The number of carbonyl (C=O) groups is 2. The number of ether oxygens (including phenoxy) is 1. The minimum absolute atomic E-state index is 0.0233. The molecule has 1 N–H and O–H groups in total. The Morgan fingerprint density at radius 3 is 2.68 bits per heavy atom. The molecular weight excluding hydrogens is 392 g/mol. The number of para-hydroxylation sites is 2. The van der Waals surface area contributed by atoms with E-state index in [2.05, 4.69) is 10.3 Å².